The van der Waals surface area contributed by atoms with Crippen LogP contribution in [0.3, 0.4) is 0 Å². The van der Waals surface area contributed by atoms with Crippen molar-refractivity contribution in [3.8, 4) is 0 Å². The number of ether oxygens (including phenoxy) is 3. The van der Waals surface area contributed by atoms with Crippen molar-refractivity contribution in [1.29, 1.82) is 0 Å². The van der Waals surface area contributed by atoms with Crippen molar-refractivity contribution >= 4 is 65.7 Å². The number of non-ortho nitro benzene ring substituents is 3. The highest BCUT2D eigenvalue weighted by molar-refractivity contribution is 7.81. The van der Waals surface area contributed by atoms with Gasteiger partial charge in [-0.15, -0.1) is 0 Å². The zero-order chi connectivity index (χ0) is 44.2. The first-order chi connectivity index (χ1) is 29.1. The molecule has 0 spiro atoms. The van der Waals surface area contributed by atoms with Gasteiger partial charge < -0.3 is 24.0 Å². The molecular weight excluding hydrogens is 827 g/mol. The Morgan fingerprint density at radius 1 is 0.689 bits per heavy atom. The number of hydrogen-bond donors (Lipinski definition) is 3. The average molecular weight is 866 g/mol. The van der Waals surface area contributed by atoms with Crippen molar-refractivity contribution < 1.29 is 53.0 Å². The largest absolute Gasteiger partial charge is 0.445 e. The number of benzene rings is 3. The van der Waals surface area contributed by atoms with Crippen molar-refractivity contribution in [2.75, 3.05) is 32.7 Å². The first kappa shape index (κ1) is 44.7. The van der Waals surface area contributed by atoms with Gasteiger partial charge in [0.05, 0.1) is 14.8 Å². The van der Waals surface area contributed by atoms with Gasteiger partial charge in [-0.3, -0.25) is 55.5 Å². The molecule has 322 valence electrons. The molecule has 61 heavy (non-hydrogen) atoms. The predicted octanol–water partition coefficient (Wildman–Crippen LogP) is 3.69. The third kappa shape index (κ3) is 12.6. The Balaban J connectivity index is 1.17. The lowest BCUT2D eigenvalue weighted by Gasteiger charge is -2.41. The van der Waals surface area contributed by atoms with Crippen molar-refractivity contribution in [1.82, 2.24) is 25.3 Å². The maximum absolute atomic E-state index is 13.7. The molecule has 3 aromatic carbocycles. The molecule has 2 saturated heterocycles. The highest BCUT2D eigenvalue weighted by atomic mass is 32.1. The average Bonchev–Trinajstić information content (AvgIpc) is 3.64. The highest BCUT2D eigenvalue weighted by Gasteiger charge is 2.42. The number of piperazine rings is 1. The number of nitrogens with one attached hydrogen (secondary N) is 2. The summed E-state index contributed by atoms with van der Waals surface area (Å²) in [6.07, 6.45) is -2.72. The van der Waals surface area contributed by atoms with Crippen LogP contribution in [0.15, 0.2) is 77.8 Å². The van der Waals surface area contributed by atoms with Crippen molar-refractivity contribution in [3.05, 3.63) is 120 Å². The summed E-state index contributed by atoms with van der Waals surface area (Å²) in [4.78, 5) is 105. The van der Waals surface area contributed by atoms with E-state index in [1.54, 1.807) is 6.92 Å². The number of nitrogens with zero attached hydrogens (tertiary/aromatic N) is 7. The Bertz CT molecular complexity index is 2100. The number of alkyl carbamates (subject to hydrolysis) is 2. The van der Waals surface area contributed by atoms with Crippen LogP contribution in [-0.2, 0) is 43.6 Å². The Kier molecular flexibility index (Phi) is 15.1. The van der Waals surface area contributed by atoms with E-state index in [-0.39, 0.29) is 80.6 Å². The molecule has 1 unspecified atom stereocenters. The van der Waals surface area contributed by atoms with E-state index in [2.05, 4.69) is 28.3 Å². The summed E-state index contributed by atoms with van der Waals surface area (Å²) >= 11 is 4.49. The molecule has 0 bridgehead atoms. The standard InChI is InChI=1S/C37H39N9O14S/c1-23-18-41(33(48)31-16-30(61)19-43(31)37(51)60-22-26-6-12-29(13-7-26)46(56)57)14-15-42(23)32(47)17-38-34(39-35(49)58-20-24-2-8-27(9-3-24)44(52)53)40-36(50)59-21-25-4-10-28(11-5-25)45(54)55/h2-13,23,30-31,61H,14-22H2,1H3,(H2,38,39,40,49,50)/t23?,30-,31-/m0/s1. The number of thiol groups is 1. The lowest BCUT2D eigenvalue weighted by molar-refractivity contribution is -0.385. The molecule has 3 atom stereocenters. The summed E-state index contributed by atoms with van der Waals surface area (Å²) in [5, 5.41) is 37.0. The maximum Gasteiger partial charge on any atom is 0.414 e. The van der Waals surface area contributed by atoms with Gasteiger partial charge in [0.2, 0.25) is 17.8 Å². The normalized spacial score (nSPS) is 17.1. The van der Waals surface area contributed by atoms with Crippen LogP contribution in [0.5, 0.6) is 0 Å². The molecule has 3 aromatic rings. The smallest absolute Gasteiger partial charge is 0.414 e. The third-order valence-corrected chi connectivity index (χ3v) is 9.79. The van der Waals surface area contributed by atoms with E-state index in [4.69, 9.17) is 14.2 Å². The molecule has 2 heterocycles. The van der Waals surface area contributed by atoms with Gasteiger partial charge in [0.15, 0.2) is 0 Å². The molecule has 2 fully saturated rings. The van der Waals surface area contributed by atoms with Crippen LogP contribution >= 0.6 is 12.6 Å². The lowest BCUT2D eigenvalue weighted by Crippen LogP contribution is -2.59. The molecule has 5 amide bonds. The number of carbonyl (C=O) groups is 5. The predicted molar refractivity (Wildman–Crippen MR) is 214 cm³/mol. The molecule has 0 radical (unpaired) electrons. The van der Waals surface area contributed by atoms with E-state index in [0.717, 1.165) is 0 Å². The first-order valence-corrected chi connectivity index (χ1v) is 18.9. The zero-order valence-electron chi connectivity index (χ0n) is 32.3. The van der Waals surface area contributed by atoms with Gasteiger partial charge in [0.25, 0.3) is 17.1 Å². The van der Waals surface area contributed by atoms with Crippen LogP contribution < -0.4 is 10.6 Å². The van der Waals surface area contributed by atoms with Gasteiger partial charge >= 0.3 is 18.3 Å². The maximum atomic E-state index is 13.7. The van der Waals surface area contributed by atoms with Crippen molar-refractivity contribution in [2.45, 2.75) is 50.5 Å². The summed E-state index contributed by atoms with van der Waals surface area (Å²) in [6, 6.07) is 14.5. The summed E-state index contributed by atoms with van der Waals surface area (Å²) in [5.74, 6) is -1.43. The summed E-state index contributed by atoms with van der Waals surface area (Å²) in [6.45, 7) is 0.720. The number of rotatable bonds is 12. The summed E-state index contributed by atoms with van der Waals surface area (Å²) in [7, 11) is 0. The van der Waals surface area contributed by atoms with Gasteiger partial charge in [0, 0.05) is 73.9 Å². The van der Waals surface area contributed by atoms with Crippen LogP contribution in [0.1, 0.15) is 30.0 Å². The lowest BCUT2D eigenvalue weighted by atomic mass is 10.1. The van der Waals surface area contributed by atoms with Crippen LogP contribution in [0.4, 0.5) is 31.4 Å². The second kappa shape index (κ2) is 20.5. The number of nitro groups is 3. The molecule has 5 rings (SSSR count). The second-order valence-corrected chi connectivity index (χ2v) is 14.4. The van der Waals surface area contributed by atoms with Gasteiger partial charge in [-0.05, 0) is 66.4 Å². The molecule has 23 nitrogen and oxygen atoms in total. The van der Waals surface area contributed by atoms with E-state index in [0.29, 0.717) is 16.7 Å². The van der Waals surface area contributed by atoms with Gasteiger partial charge in [-0.1, -0.05) is 0 Å². The Labute approximate surface area is 351 Å². The number of carbonyl (C=O) groups excluding carboxylic acids is 5. The van der Waals surface area contributed by atoms with Crippen LogP contribution in [0.2, 0.25) is 0 Å². The second-order valence-electron chi connectivity index (χ2n) is 13.7. The van der Waals surface area contributed by atoms with Gasteiger partial charge in [-0.2, -0.15) is 12.6 Å². The number of nitro benzene ring substituents is 3. The van der Waals surface area contributed by atoms with Gasteiger partial charge in [0.1, 0.15) is 32.4 Å². The van der Waals surface area contributed by atoms with Crippen LogP contribution in [-0.4, -0.2) is 116 Å². The minimum atomic E-state index is -1.11. The topological polar surface area (TPSA) is 289 Å². The van der Waals surface area contributed by atoms with Crippen molar-refractivity contribution in [3.63, 3.8) is 0 Å². The molecule has 0 saturated carbocycles. The fraction of sp³-hybridized carbons (Fsp3) is 0.351. The molecular formula is C37H39N9O14S. The fourth-order valence-corrected chi connectivity index (χ4v) is 6.65. The minimum Gasteiger partial charge on any atom is -0.445 e. The summed E-state index contributed by atoms with van der Waals surface area (Å²) < 4.78 is 15.7. The molecule has 2 aliphatic rings. The Hall–Kier alpha value is -7.37. The van der Waals surface area contributed by atoms with Crippen LogP contribution in [0.25, 0.3) is 0 Å². The van der Waals surface area contributed by atoms with Gasteiger partial charge in [-0.25, -0.2) is 19.4 Å². The fourth-order valence-electron chi connectivity index (χ4n) is 6.27. The number of guanidine groups is 1. The zero-order valence-corrected chi connectivity index (χ0v) is 33.2. The number of aliphatic imine (C=N–C) groups is 1. The van der Waals surface area contributed by atoms with Crippen molar-refractivity contribution in [2.24, 2.45) is 4.99 Å². The van der Waals surface area contributed by atoms with E-state index in [1.165, 1.54) is 87.5 Å². The quantitative estimate of drug-likeness (QED) is 0.0585. The number of hydrogen-bond acceptors (Lipinski definition) is 16. The molecule has 0 aliphatic carbocycles. The number of amides is 5. The Morgan fingerprint density at radius 2 is 1.13 bits per heavy atom. The van der Waals surface area contributed by atoms with E-state index >= 15 is 0 Å². The third-order valence-electron chi connectivity index (χ3n) is 9.42. The Morgan fingerprint density at radius 3 is 1.56 bits per heavy atom. The number of likely N-dealkylation sites (tertiary alicyclic amines) is 1. The molecule has 2 aliphatic heterocycles. The monoisotopic (exact) mass is 865 g/mol. The first-order valence-electron chi connectivity index (χ1n) is 18.4. The minimum absolute atomic E-state index is 0.0770. The molecule has 2 N–H and O–H groups in total. The summed E-state index contributed by atoms with van der Waals surface area (Å²) in [5.41, 5.74) is 0.866. The van der Waals surface area contributed by atoms with Crippen LogP contribution in [0, 0.1) is 30.3 Å². The highest BCUT2D eigenvalue weighted by Crippen LogP contribution is 2.26. The molecule has 0 aromatic heterocycles. The molecule has 24 heteroatoms. The van der Waals surface area contributed by atoms with E-state index in [9.17, 15) is 54.3 Å². The van der Waals surface area contributed by atoms with E-state index < -0.39 is 63.5 Å². The SMILES string of the molecule is CC1CN(C(=O)[C@@H]2C[C@H](S)CN2C(=O)OCc2ccc([N+](=O)[O-])cc2)CCN1C(=O)CN=C(NC(=O)OCc1ccc([N+](=O)[O-])cc1)NC(=O)OCc1ccc([N+](=O)[O-])cc1. The van der Waals surface area contributed by atoms with E-state index in [1.807, 2.05) is 0 Å².